The van der Waals surface area contributed by atoms with E-state index in [9.17, 15) is 4.79 Å². The van der Waals surface area contributed by atoms with Crippen LogP contribution in [0.2, 0.25) is 0 Å². The number of hydrogen-bond donors (Lipinski definition) is 0. The standard InChI is InChI=1S/C20H22N2O/c23-18-7-15-11-21-17-3-1-2-16(17)19(15)22(18)20-8-12-4-13(9-20)6-14(5-12)10-20/h1-2,11-14H,3-10H2. The van der Waals surface area contributed by atoms with Crippen molar-refractivity contribution < 1.29 is 4.79 Å². The van der Waals surface area contributed by atoms with Crippen LogP contribution < -0.4 is 4.90 Å². The molecule has 23 heavy (non-hydrogen) atoms. The van der Waals surface area contributed by atoms with Crippen LogP contribution >= 0.6 is 0 Å². The lowest BCUT2D eigenvalue weighted by molar-refractivity contribution is -0.120. The van der Waals surface area contributed by atoms with Gasteiger partial charge in [-0.25, -0.2) is 0 Å². The molecule has 0 radical (unpaired) electrons. The first kappa shape index (κ1) is 12.7. The molecule has 4 saturated carbocycles. The van der Waals surface area contributed by atoms with Crippen LogP contribution in [0.3, 0.4) is 0 Å². The number of allylic oxidation sites excluding steroid dienone is 1. The van der Waals surface area contributed by atoms with Gasteiger partial charge in [-0.15, -0.1) is 0 Å². The molecule has 118 valence electrons. The molecule has 0 atom stereocenters. The summed E-state index contributed by atoms with van der Waals surface area (Å²) in [6, 6.07) is 0. The quantitative estimate of drug-likeness (QED) is 0.795. The van der Waals surface area contributed by atoms with Gasteiger partial charge in [0.05, 0.1) is 17.8 Å². The molecule has 0 spiro atoms. The summed E-state index contributed by atoms with van der Waals surface area (Å²) in [5.41, 5.74) is 4.92. The van der Waals surface area contributed by atoms with Gasteiger partial charge in [0.25, 0.3) is 0 Å². The van der Waals surface area contributed by atoms with Gasteiger partial charge in [0.15, 0.2) is 0 Å². The highest BCUT2D eigenvalue weighted by atomic mass is 16.2. The first-order valence-electron chi connectivity index (χ1n) is 9.22. The number of nitrogens with zero attached hydrogens (tertiary/aromatic N) is 2. The van der Waals surface area contributed by atoms with Gasteiger partial charge in [0.1, 0.15) is 0 Å². The molecular weight excluding hydrogens is 284 g/mol. The van der Waals surface area contributed by atoms with Crippen LogP contribution in [-0.4, -0.2) is 16.4 Å². The van der Waals surface area contributed by atoms with Crippen molar-refractivity contribution in [2.24, 2.45) is 17.8 Å². The van der Waals surface area contributed by atoms with Crippen molar-refractivity contribution in [3.05, 3.63) is 29.1 Å². The van der Waals surface area contributed by atoms with Gasteiger partial charge in [-0.3, -0.25) is 9.78 Å². The van der Waals surface area contributed by atoms with Gasteiger partial charge in [0, 0.05) is 29.3 Å². The summed E-state index contributed by atoms with van der Waals surface area (Å²) in [4.78, 5) is 19.9. The molecule has 1 aromatic heterocycles. The molecular formula is C20H22N2O. The average molecular weight is 306 g/mol. The van der Waals surface area contributed by atoms with Gasteiger partial charge in [-0.05, 0) is 56.3 Å². The fourth-order valence-corrected chi connectivity index (χ4v) is 6.82. The molecule has 3 heteroatoms. The number of aromatic nitrogens is 1. The molecule has 3 nitrogen and oxygen atoms in total. The Bertz CT molecular complexity index is 728. The van der Waals surface area contributed by atoms with Gasteiger partial charge >= 0.3 is 0 Å². The SMILES string of the molecule is O=C1Cc2cnc3c(c2N1C12CC4CC(CC(C4)C1)C2)C=CC3. The molecule has 1 aromatic rings. The minimum Gasteiger partial charge on any atom is -0.305 e. The summed E-state index contributed by atoms with van der Waals surface area (Å²) >= 11 is 0. The third kappa shape index (κ3) is 1.56. The Morgan fingerprint density at radius 2 is 1.78 bits per heavy atom. The molecule has 0 unspecified atom stereocenters. The number of pyridine rings is 1. The van der Waals surface area contributed by atoms with Crippen molar-refractivity contribution in [1.82, 2.24) is 4.98 Å². The molecule has 4 bridgehead atoms. The van der Waals surface area contributed by atoms with Crippen LogP contribution in [0.15, 0.2) is 12.3 Å². The van der Waals surface area contributed by atoms with Crippen LogP contribution in [0.1, 0.15) is 55.3 Å². The Labute approximate surface area is 136 Å². The Kier molecular flexibility index (Phi) is 2.25. The summed E-state index contributed by atoms with van der Waals surface area (Å²) < 4.78 is 0. The zero-order valence-corrected chi connectivity index (χ0v) is 13.4. The molecule has 0 saturated heterocycles. The zero-order valence-electron chi connectivity index (χ0n) is 13.4. The smallest absolute Gasteiger partial charge is 0.232 e. The molecule has 2 heterocycles. The number of hydrogen-bond acceptors (Lipinski definition) is 2. The van der Waals surface area contributed by atoms with Crippen LogP contribution in [0, 0.1) is 17.8 Å². The molecule has 0 N–H and O–H groups in total. The van der Waals surface area contributed by atoms with Gasteiger partial charge in [-0.2, -0.15) is 0 Å². The maximum absolute atomic E-state index is 13.0. The van der Waals surface area contributed by atoms with E-state index in [0.717, 1.165) is 35.4 Å². The summed E-state index contributed by atoms with van der Waals surface area (Å²) in [6.07, 6.45) is 15.8. The van der Waals surface area contributed by atoms with Crippen molar-refractivity contribution in [1.29, 1.82) is 0 Å². The van der Waals surface area contributed by atoms with E-state index in [0.29, 0.717) is 12.3 Å². The Morgan fingerprint density at radius 1 is 1.09 bits per heavy atom. The molecule has 5 aliphatic carbocycles. The Hall–Kier alpha value is -1.64. The predicted molar refractivity (Wildman–Crippen MR) is 89.1 cm³/mol. The lowest BCUT2D eigenvalue weighted by Crippen LogP contribution is -2.61. The van der Waals surface area contributed by atoms with Gasteiger partial charge in [0.2, 0.25) is 5.91 Å². The van der Waals surface area contributed by atoms with Crippen LogP contribution in [0.4, 0.5) is 5.69 Å². The Balaban J connectivity index is 1.53. The first-order chi connectivity index (χ1) is 11.2. The first-order valence-corrected chi connectivity index (χ1v) is 9.22. The van der Waals surface area contributed by atoms with E-state index >= 15 is 0 Å². The van der Waals surface area contributed by atoms with E-state index in [2.05, 4.69) is 22.0 Å². The van der Waals surface area contributed by atoms with Crippen molar-refractivity contribution in [3.8, 4) is 0 Å². The average Bonchev–Trinajstić information content (AvgIpc) is 3.08. The highest BCUT2D eigenvalue weighted by Crippen LogP contribution is 2.60. The van der Waals surface area contributed by atoms with Crippen molar-refractivity contribution >= 4 is 17.7 Å². The number of carbonyl (C=O) groups is 1. The van der Waals surface area contributed by atoms with Crippen molar-refractivity contribution in [2.45, 2.75) is 56.9 Å². The number of anilines is 1. The lowest BCUT2D eigenvalue weighted by atomic mass is 9.52. The summed E-state index contributed by atoms with van der Waals surface area (Å²) in [6.45, 7) is 0. The molecule has 1 aliphatic heterocycles. The van der Waals surface area contributed by atoms with E-state index < -0.39 is 0 Å². The fraction of sp³-hybridized carbons (Fsp3) is 0.600. The van der Waals surface area contributed by atoms with E-state index in [1.165, 1.54) is 49.8 Å². The largest absolute Gasteiger partial charge is 0.305 e. The number of carbonyl (C=O) groups excluding carboxylic acids is 1. The second-order valence-electron chi connectivity index (χ2n) is 8.65. The fourth-order valence-electron chi connectivity index (χ4n) is 6.82. The highest BCUT2D eigenvalue weighted by molar-refractivity contribution is 6.05. The lowest BCUT2D eigenvalue weighted by Gasteiger charge is -2.60. The maximum atomic E-state index is 13.0. The third-order valence-corrected chi connectivity index (χ3v) is 7.14. The summed E-state index contributed by atoms with van der Waals surface area (Å²) in [5, 5.41) is 0. The van der Waals surface area contributed by atoms with Crippen LogP contribution in [-0.2, 0) is 17.6 Å². The molecule has 4 fully saturated rings. The van der Waals surface area contributed by atoms with Crippen LogP contribution in [0.25, 0.3) is 6.08 Å². The monoisotopic (exact) mass is 306 g/mol. The van der Waals surface area contributed by atoms with Gasteiger partial charge in [-0.1, -0.05) is 12.2 Å². The van der Waals surface area contributed by atoms with Crippen molar-refractivity contribution in [3.63, 3.8) is 0 Å². The molecule has 1 amide bonds. The van der Waals surface area contributed by atoms with E-state index in [4.69, 9.17) is 0 Å². The summed E-state index contributed by atoms with van der Waals surface area (Å²) in [7, 11) is 0. The minimum atomic E-state index is 0.128. The molecule has 7 rings (SSSR count). The number of fused-ring (bicyclic) bond motifs is 3. The highest BCUT2D eigenvalue weighted by Gasteiger charge is 2.56. The third-order valence-electron chi connectivity index (χ3n) is 7.14. The molecule has 0 aromatic carbocycles. The van der Waals surface area contributed by atoms with Crippen LogP contribution in [0.5, 0.6) is 0 Å². The summed E-state index contributed by atoms with van der Waals surface area (Å²) in [5.74, 6) is 2.92. The second-order valence-corrected chi connectivity index (χ2v) is 8.65. The van der Waals surface area contributed by atoms with Gasteiger partial charge < -0.3 is 4.90 Å². The predicted octanol–water partition coefficient (Wildman–Crippen LogP) is 3.51. The number of rotatable bonds is 1. The number of amides is 1. The van der Waals surface area contributed by atoms with Crippen molar-refractivity contribution in [2.75, 3.05) is 4.90 Å². The van der Waals surface area contributed by atoms with E-state index in [1.54, 1.807) is 0 Å². The minimum absolute atomic E-state index is 0.128. The second kappa shape index (κ2) is 4.06. The van der Waals surface area contributed by atoms with E-state index in [-0.39, 0.29) is 5.54 Å². The molecule has 6 aliphatic rings. The maximum Gasteiger partial charge on any atom is 0.232 e. The normalized spacial score (nSPS) is 39.2. The Morgan fingerprint density at radius 3 is 2.48 bits per heavy atom. The van der Waals surface area contributed by atoms with E-state index in [1.807, 2.05) is 6.20 Å². The topological polar surface area (TPSA) is 33.2 Å². The zero-order chi connectivity index (χ0) is 15.2.